The van der Waals surface area contributed by atoms with Gasteiger partial charge in [-0.3, -0.25) is 14.5 Å². The van der Waals surface area contributed by atoms with Gasteiger partial charge >= 0.3 is 18.1 Å². The third-order valence-electron chi connectivity index (χ3n) is 4.70. The molecule has 0 atom stereocenters. The van der Waals surface area contributed by atoms with E-state index < -0.39 is 18.1 Å². The summed E-state index contributed by atoms with van der Waals surface area (Å²) in [5.41, 5.74) is 1.63. The molecule has 0 bridgehead atoms. The van der Waals surface area contributed by atoms with Crippen LogP contribution in [-0.2, 0) is 20.9 Å². The van der Waals surface area contributed by atoms with Gasteiger partial charge in [-0.1, -0.05) is 0 Å². The van der Waals surface area contributed by atoms with Gasteiger partial charge in [0.15, 0.2) is 0 Å². The highest BCUT2D eigenvalue weighted by molar-refractivity contribution is 7.07. The van der Waals surface area contributed by atoms with Gasteiger partial charge in [-0.15, -0.1) is 0 Å². The van der Waals surface area contributed by atoms with Crippen molar-refractivity contribution in [3.63, 3.8) is 0 Å². The van der Waals surface area contributed by atoms with E-state index in [1.807, 2.05) is 4.90 Å². The molecule has 2 aliphatic heterocycles. The van der Waals surface area contributed by atoms with Gasteiger partial charge in [-0.25, -0.2) is 4.79 Å². The van der Waals surface area contributed by atoms with Crippen LogP contribution < -0.4 is 0 Å². The number of rotatable bonds is 5. The number of carbonyl (C=O) groups excluding carboxylic acids is 1. The Morgan fingerprint density at radius 3 is 2.29 bits per heavy atom. The normalized spacial score (nSPS) is 18.3. The van der Waals surface area contributed by atoms with Gasteiger partial charge in [0, 0.05) is 38.0 Å². The number of aliphatic carboxylic acids is 2. The standard InChI is InChI=1S/C15H20N2O3S.C2HF3O2/c18-13(1-2-14(19)20)17-10-15(11-17)4-5-16(9-15)7-12-3-6-21-8-12;3-2(4,5)1(6)7/h3,6,8H,1-2,4-5,7,9-11H2,(H,19,20);(H,6,7). The van der Waals surface area contributed by atoms with Crippen LogP contribution in [-0.4, -0.2) is 70.2 Å². The van der Waals surface area contributed by atoms with Gasteiger partial charge in [-0.05, 0) is 35.4 Å². The molecule has 0 radical (unpaired) electrons. The van der Waals surface area contributed by atoms with Gasteiger partial charge in [0.05, 0.1) is 6.42 Å². The molecule has 28 heavy (non-hydrogen) atoms. The highest BCUT2D eigenvalue weighted by Gasteiger charge is 2.48. The van der Waals surface area contributed by atoms with Gasteiger partial charge < -0.3 is 15.1 Å². The molecule has 1 amide bonds. The Hall–Kier alpha value is -2.14. The van der Waals surface area contributed by atoms with E-state index in [1.54, 1.807) is 11.3 Å². The topological polar surface area (TPSA) is 98.1 Å². The van der Waals surface area contributed by atoms with Crippen LogP contribution in [0.3, 0.4) is 0 Å². The zero-order chi connectivity index (χ0) is 20.9. The molecule has 1 aromatic heterocycles. The maximum absolute atomic E-state index is 11.9. The fraction of sp³-hybridized carbons (Fsp3) is 0.588. The van der Waals surface area contributed by atoms with Crippen LogP contribution in [0.1, 0.15) is 24.8 Å². The molecular weight excluding hydrogens is 401 g/mol. The molecule has 2 N–H and O–H groups in total. The lowest BCUT2D eigenvalue weighted by molar-refractivity contribution is -0.192. The van der Waals surface area contributed by atoms with E-state index in [9.17, 15) is 22.8 Å². The van der Waals surface area contributed by atoms with Crippen molar-refractivity contribution >= 4 is 29.2 Å². The zero-order valence-corrected chi connectivity index (χ0v) is 15.8. The molecule has 3 rings (SSSR count). The second-order valence-corrected chi connectivity index (χ2v) is 7.82. The lowest BCUT2D eigenvalue weighted by atomic mass is 9.79. The van der Waals surface area contributed by atoms with Crippen molar-refractivity contribution in [1.29, 1.82) is 0 Å². The number of halogens is 3. The SMILES string of the molecule is O=C(O)C(F)(F)F.O=C(O)CCC(=O)N1CC2(CCN(Cc3ccsc3)C2)C1. The summed E-state index contributed by atoms with van der Waals surface area (Å²) in [5.74, 6) is -3.67. The number of carboxylic acids is 2. The van der Waals surface area contributed by atoms with E-state index in [-0.39, 0.29) is 24.2 Å². The fourth-order valence-corrected chi connectivity index (χ4v) is 4.03. The van der Waals surface area contributed by atoms with E-state index in [0.717, 1.165) is 39.1 Å². The van der Waals surface area contributed by atoms with Crippen LogP contribution in [0.2, 0.25) is 0 Å². The molecule has 0 saturated carbocycles. The predicted molar refractivity (Wildman–Crippen MR) is 93.8 cm³/mol. The summed E-state index contributed by atoms with van der Waals surface area (Å²) in [4.78, 5) is 35.5. The second kappa shape index (κ2) is 8.91. The first-order chi connectivity index (χ1) is 13.0. The van der Waals surface area contributed by atoms with Crippen LogP contribution in [0, 0.1) is 5.41 Å². The highest BCUT2D eigenvalue weighted by Crippen LogP contribution is 2.40. The monoisotopic (exact) mass is 422 g/mol. The summed E-state index contributed by atoms with van der Waals surface area (Å²) < 4.78 is 31.7. The number of alkyl halides is 3. The molecule has 0 unspecified atom stereocenters. The molecular formula is C17H21F3N2O5S. The summed E-state index contributed by atoms with van der Waals surface area (Å²) in [7, 11) is 0. The minimum absolute atomic E-state index is 0.0145. The van der Waals surface area contributed by atoms with E-state index in [2.05, 4.69) is 21.7 Å². The molecule has 2 aliphatic rings. The maximum atomic E-state index is 11.9. The van der Waals surface area contributed by atoms with E-state index in [0.29, 0.717) is 0 Å². The number of hydrogen-bond donors (Lipinski definition) is 2. The number of thiophene rings is 1. The van der Waals surface area contributed by atoms with Crippen LogP contribution in [0.5, 0.6) is 0 Å². The molecule has 2 saturated heterocycles. The number of hydrogen-bond acceptors (Lipinski definition) is 5. The Bertz CT molecular complexity index is 702. The van der Waals surface area contributed by atoms with Gasteiger partial charge in [0.2, 0.25) is 5.91 Å². The average molecular weight is 422 g/mol. The first-order valence-corrected chi connectivity index (χ1v) is 9.48. The van der Waals surface area contributed by atoms with E-state index in [4.69, 9.17) is 15.0 Å². The number of carboxylic acid groups (broad SMARTS) is 2. The van der Waals surface area contributed by atoms with Gasteiger partial charge in [-0.2, -0.15) is 24.5 Å². The van der Waals surface area contributed by atoms with E-state index in [1.165, 1.54) is 5.56 Å². The summed E-state index contributed by atoms with van der Waals surface area (Å²) in [6.07, 6.45) is -3.88. The second-order valence-electron chi connectivity index (χ2n) is 7.04. The third kappa shape index (κ3) is 6.20. The zero-order valence-electron chi connectivity index (χ0n) is 14.9. The third-order valence-corrected chi connectivity index (χ3v) is 5.44. The summed E-state index contributed by atoms with van der Waals surface area (Å²) >= 11 is 1.73. The van der Waals surface area contributed by atoms with Crippen LogP contribution in [0.25, 0.3) is 0 Å². The molecule has 156 valence electrons. The Kier molecular flexibility index (Phi) is 7.05. The average Bonchev–Trinajstić information content (AvgIpc) is 3.21. The van der Waals surface area contributed by atoms with Crippen molar-refractivity contribution in [1.82, 2.24) is 9.80 Å². The Balaban J connectivity index is 0.000000345. The quantitative estimate of drug-likeness (QED) is 0.756. The number of amides is 1. The Labute approximate surface area is 163 Å². The summed E-state index contributed by atoms with van der Waals surface area (Å²) in [5, 5.41) is 20.0. The minimum atomic E-state index is -5.08. The molecule has 0 aliphatic carbocycles. The van der Waals surface area contributed by atoms with Crippen molar-refractivity contribution in [2.75, 3.05) is 26.2 Å². The molecule has 7 nitrogen and oxygen atoms in total. The molecule has 0 aromatic carbocycles. The molecule has 2 fully saturated rings. The first kappa shape index (κ1) is 22.2. The lowest BCUT2D eigenvalue weighted by Crippen LogP contribution is -2.59. The molecule has 1 spiro atoms. The van der Waals surface area contributed by atoms with Crippen LogP contribution in [0.15, 0.2) is 16.8 Å². The Morgan fingerprint density at radius 2 is 1.79 bits per heavy atom. The molecule has 3 heterocycles. The minimum Gasteiger partial charge on any atom is -0.481 e. The van der Waals surface area contributed by atoms with Gasteiger partial charge in [0.1, 0.15) is 0 Å². The smallest absolute Gasteiger partial charge is 0.481 e. The van der Waals surface area contributed by atoms with Gasteiger partial charge in [0.25, 0.3) is 0 Å². The van der Waals surface area contributed by atoms with Crippen molar-refractivity contribution in [3.05, 3.63) is 22.4 Å². The van der Waals surface area contributed by atoms with Crippen molar-refractivity contribution in [2.45, 2.75) is 32.0 Å². The summed E-state index contributed by atoms with van der Waals surface area (Å²) in [6, 6.07) is 2.16. The summed E-state index contributed by atoms with van der Waals surface area (Å²) in [6.45, 7) is 4.73. The van der Waals surface area contributed by atoms with Crippen LogP contribution in [0.4, 0.5) is 13.2 Å². The maximum Gasteiger partial charge on any atom is 0.490 e. The largest absolute Gasteiger partial charge is 0.490 e. The molecule has 1 aromatic rings. The van der Waals surface area contributed by atoms with Crippen molar-refractivity contribution < 1.29 is 37.8 Å². The van der Waals surface area contributed by atoms with E-state index >= 15 is 0 Å². The first-order valence-electron chi connectivity index (χ1n) is 8.54. The number of nitrogens with zero attached hydrogens (tertiary/aromatic N) is 2. The lowest BCUT2D eigenvalue weighted by Gasteiger charge is -2.48. The van der Waals surface area contributed by atoms with Crippen molar-refractivity contribution in [3.8, 4) is 0 Å². The van der Waals surface area contributed by atoms with Crippen LogP contribution >= 0.6 is 11.3 Å². The number of carbonyl (C=O) groups is 3. The predicted octanol–water partition coefficient (Wildman–Crippen LogP) is 2.28. The number of likely N-dealkylation sites (tertiary alicyclic amines) is 2. The highest BCUT2D eigenvalue weighted by atomic mass is 32.1. The Morgan fingerprint density at radius 1 is 1.14 bits per heavy atom. The fourth-order valence-electron chi connectivity index (χ4n) is 3.37. The van der Waals surface area contributed by atoms with Crippen molar-refractivity contribution in [2.24, 2.45) is 5.41 Å². The molecule has 11 heteroatoms.